The maximum atomic E-state index is 2.80. The average Bonchev–Trinajstić information content (AvgIpc) is 1.23. The van der Waals surface area contributed by atoms with E-state index in [2.05, 4.69) is 497 Å². The van der Waals surface area contributed by atoms with E-state index in [9.17, 15) is 0 Å². The summed E-state index contributed by atoms with van der Waals surface area (Å²) in [6.07, 6.45) is 0. The van der Waals surface area contributed by atoms with Crippen LogP contribution in [-0.2, 0) is 43.3 Å². The Balaban J connectivity index is 0.901. The van der Waals surface area contributed by atoms with Crippen LogP contribution in [0.1, 0.15) is 207 Å². The highest BCUT2D eigenvalue weighted by atomic mass is 15.2. The first-order valence-corrected chi connectivity index (χ1v) is 47.9. The summed E-state index contributed by atoms with van der Waals surface area (Å²) in [5.41, 5.74) is 46.9. The predicted octanol–water partition coefficient (Wildman–Crippen LogP) is 29.7. The van der Waals surface area contributed by atoms with Crippen LogP contribution in [0.3, 0.4) is 0 Å². The summed E-state index contributed by atoms with van der Waals surface area (Å²) in [6, 6.07) is 130. The molecule has 23 rings (SSSR count). The highest BCUT2D eigenvalue weighted by Crippen LogP contribution is 2.66. The Morgan fingerprint density at radius 1 is 0.205 bits per heavy atom. The highest BCUT2D eigenvalue weighted by Gasteiger charge is 2.55. The maximum absolute atomic E-state index is 2.80. The third-order valence-electron chi connectivity index (χ3n) is 30.1. The zero-order chi connectivity index (χ0) is 91.5. The fraction of sp³-hybridized carbons (Fsp3) is 0.232. The second-order valence-electron chi connectivity index (χ2n) is 45.8. The molecule has 0 unspecified atom stereocenters. The second-order valence-corrected chi connectivity index (χ2v) is 45.8. The minimum absolute atomic E-state index is 0.151. The SMILES string of the molecule is CC(C)(C)c1cc(N2c3ccccc3B3c4cc5c(cc4N(c4cc(C(C)(C)C)cc(C(C)(C)C)c4)c4cc(-n6c7ccccc7c7ccccc76)cc2c43)N(c2cc(C(C)(C)C)cc(C(C)(C)C)c2)c2cc(-c3cccc4c3C3(c6ccccc6-c6ccccc63)c3ccccc3-4)cc3c2B5c2ccccc2N3c2ccc(C(C)(C)C)cc2-c2ccccc2)cc(C(C)(C)C)c1. The van der Waals surface area contributed by atoms with Gasteiger partial charge in [0.25, 0.3) is 13.4 Å². The summed E-state index contributed by atoms with van der Waals surface area (Å²) in [6.45, 7) is 49.7. The average molecular weight is 1710 g/mol. The van der Waals surface area contributed by atoms with Crippen LogP contribution < -0.4 is 52.4 Å². The topological polar surface area (TPSA) is 17.9 Å². The molecule has 4 aliphatic heterocycles. The lowest BCUT2D eigenvalue weighted by atomic mass is 9.30. The van der Waals surface area contributed by atoms with Crippen LogP contribution in [0.15, 0.2) is 328 Å². The molecular weight excluding hydrogens is 1590 g/mol. The van der Waals surface area contributed by atoms with Gasteiger partial charge in [0.2, 0.25) is 0 Å². The molecule has 0 bridgehead atoms. The third kappa shape index (κ3) is 12.5. The van der Waals surface area contributed by atoms with E-state index < -0.39 is 5.41 Å². The number of nitrogens with zero attached hydrogens (tertiary/aromatic N) is 5. The lowest BCUT2D eigenvalue weighted by Gasteiger charge is -2.48. The highest BCUT2D eigenvalue weighted by molar-refractivity contribution is 7.03. The van der Waals surface area contributed by atoms with Gasteiger partial charge in [-0.2, -0.15) is 0 Å². The molecule has 0 atom stereocenters. The van der Waals surface area contributed by atoms with Gasteiger partial charge in [-0.05, 0) is 274 Å². The number of fused-ring (bicyclic) bond motifs is 21. The largest absolute Gasteiger partial charge is 0.311 e. The molecule has 0 N–H and O–H groups in total. The van der Waals surface area contributed by atoms with Crippen LogP contribution >= 0.6 is 0 Å². The van der Waals surface area contributed by atoms with Crippen LogP contribution in [0.5, 0.6) is 0 Å². The second kappa shape index (κ2) is 28.8. The first kappa shape index (κ1) is 83.0. The van der Waals surface area contributed by atoms with Crippen LogP contribution in [0.2, 0.25) is 0 Å². The summed E-state index contributed by atoms with van der Waals surface area (Å²) in [5.74, 6) is 0. The molecule has 2 aliphatic carbocycles. The molecule has 17 aromatic rings. The zero-order valence-corrected chi connectivity index (χ0v) is 80.6. The minimum Gasteiger partial charge on any atom is -0.311 e. The number of hydrogen-bond acceptors (Lipinski definition) is 4. The van der Waals surface area contributed by atoms with Gasteiger partial charge in [-0.3, -0.25) is 0 Å². The molecule has 0 fully saturated rings. The van der Waals surface area contributed by atoms with Crippen molar-refractivity contribution in [2.24, 2.45) is 0 Å². The van der Waals surface area contributed by atoms with Crippen molar-refractivity contribution in [2.75, 3.05) is 19.6 Å². The number of aromatic nitrogens is 1. The van der Waals surface area contributed by atoms with Crippen LogP contribution in [-0.4, -0.2) is 18.0 Å². The van der Waals surface area contributed by atoms with Gasteiger partial charge in [0.1, 0.15) is 0 Å². The number of hydrogen-bond donors (Lipinski definition) is 0. The van der Waals surface area contributed by atoms with Gasteiger partial charge in [0.15, 0.2) is 0 Å². The predicted molar refractivity (Wildman–Crippen MR) is 567 cm³/mol. The molecule has 132 heavy (non-hydrogen) atoms. The standard InChI is InChI=1S/C125H117B2N5/c1-118(2,3)78-58-59-106(96(71-78)76-40-23-22-24-41-76)132-108-57-38-34-53-101(108)127-102-74-103-110(75-109(102)130(86-67-81(121(10,11)12)63-82(68-86)122(13,14)15)111-60-77(61-112(132)116(111)127)89-47-39-48-95-92-44-27-32-51-99(92)125(115(89)95)97-49-30-25-42-90(97)91-43-26-31-50-98(91)125)131(87-69-83(123(16,17)18)64-84(70-87)124(19,20)21)114-73-88(128-104-54-35-28-45-93(104)94-46-29-36-55-105(94)128)72-113-117(114)126(103)100-52-33-37-56-107(100)129(113)85-65-79(119(4,5)6)62-80(66-85)120(7,8)9/h22-75H,1-21H3. The molecule has 7 heteroatoms. The van der Waals surface area contributed by atoms with Gasteiger partial charge in [0.05, 0.1) is 27.8 Å². The van der Waals surface area contributed by atoms with E-state index in [-0.39, 0.29) is 51.3 Å². The van der Waals surface area contributed by atoms with E-state index in [1.807, 2.05) is 0 Å². The van der Waals surface area contributed by atoms with E-state index in [0.717, 1.165) is 73.8 Å². The smallest absolute Gasteiger partial charge is 0.252 e. The van der Waals surface area contributed by atoms with Crippen molar-refractivity contribution in [2.45, 2.75) is 189 Å². The zero-order valence-electron chi connectivity index (χ0n) is 80.6. The van der Waals surface area contributed by atoms with E-state index >= 15 is 0 Å². The van der Waals surface area contributed by atoms with E-state index in [0.29, 0.717) is 0 Å². The maximum Gasteiger partial charge on any atom is 0.252 e. The Bertz CT molecular complexity index is 7520. The number of benzene rings is 16. The minimum atomic E-state index is -0.659. The van der Waals surface area contributed by atoms with E-state index in [4.69, 9.17) is 0 Å². The molecular formula is C125H117B2N5. The first-order chi connectivity index (χ1) is 62.9. The summed E-state index contributed by atoms with van der Waals surface area (Å²) in [4.78, 5) is 11.0. The van der Waals surface area contributed by atoms with E-state index in [1.54, 1.807) is 0 Å². The summed E-state index contributed by atoms with van der Waals surface area (Å²) in [7, 11) is 0. The van der Waals surface area contributed by atoms with Crippen molar-refractivity contribution in [3.05, 3.63) is 389 Å². The number of rotatable bonds is 7. The van der Waals surface area contributed by atoms with Gasteiger partial charge >= 0.3 is 0 Å². The molecule has 0 saturated carbocycles. The lowest BCUT2D eigenvalue weighted by molar-refractivity contribution is 0.568. The Kier molecular flexibility index (Phi) is 18.1. The molecule has 6 aliphatic rings. The quantitative estimate of drug-likeness (QED) is 0.148. The van der Waals surface area contributed by atoms with Crippen molar-refractivity contribution >= 4 is 136 Å². The molecule has 1 spiro atoms. The summed E-state index contributed by atoms with van der Waals surface area (Å²) in [5, 5.41) is 2.45. The van der Waals surface area contributed by atoms with Gasteiger partial charge in [-0.1, -0.05) is 370 Å². The van der Waals surface area contributed by atoms with Gasteiger partial charge in [-0.25, -0.2) is 0 Å². The molecule has 16 aromatic carbocycles. The molecule has 1 aromatic heterocycles. The van der Waals surface area contributed by atoms with Crippen LogP contribution in [0.4, 0.5) is 68.2 Å². The molecule has 0 saturated heterocycles. The summed E-state index contributed by atoms with van der Waals surface area (Å²) >= 11 is 0. The Hall–Kier alpha value is -13.4. The van der Waals surface area contributed by atoms with Gasteiger partial charge in [-0.15, -0.1) is 0 Å². The third-order valence-corrected chi connectivity index (χ3v) is 30.1. The normalized spacial score (nSPS) is 14.5. The molecule has 0 amide bonds. The van der Waals surface area contributed by atoms with Crippen molar-refractivity contribution in [3.63, 3.8) is 0 Å². The number of para-hydroxylation sites is 4. The molecule has 5 heterocycles. The fourth-order valence-corrected chi connectivity index (χ4v) is 23.2. The molecule has 0 radical (unpaired) electrons. The van der Waals surface area contributed by atoms with Crippen molar-refractivity contribution in [1.82, 2.24) is 4.57 Å². The monoisotopic (exact) mass is 1710 g/mol. The van der Waals surface area contributed by atoms with Gasteiger partial charge < -0.3 is 24.2 Å². The van der Waals surface area contributed by atoms with Crippen LogP contribution in [0.25, 0.3) is 72.0 Å². The van der Waals surface area contributed by atoms with Crippen molar-refractivity contribution < 1.29 is 0 Å². The first-order valence-electron chi connectivity index (χ1n) is 47.9. The lowest BCUT2D eigenvalue weighted by Crippen LogP contribution is -2.65. The van der Waals surface area contributed by atoms with Crippen molar-refractivity contribution in [3.8, 4) is 50.2 Å². The fourth-order valence-electron chi connectivity index (χ4n) is 23.2. The Morgan fingerprint density at radius 3 is 0.992 bits per heavy atom. The van der Waals surface area contributed by atoms with Crippen molar-refractivity contribution in [1.29, 1.82) is 0 Å². The summed E-state index contributed by atoms with van der Waals surface area (Å²) < 4.78 is 2.58. The van der Waals surface area contributed by atoms with E-state index in [1.165, 1.54) is 160 Å². The number of anilines is 12. The van der Waals surface area contributed by atoms with Crippen LogP contribution in [0, 0.1) is 0 Å². The Labute approximate surface area is 782 Å². The Morgan fingerprint density at radius 2 is 0.553 bits per heavy atom. The molecule has 5 nitrogen and oxygen atoms in total. The molecule has 648 valence electrons. The van der Waals surface area contributed by atoms with Gasteiger partial charge in [0, 0.05) is 78.9 Å².